The number of carbonyl (C=O) groups excluding carboxylic acids is 2. The van der Waals surface area contributed by atoms with E-state index in [0.717, 1.165) is 17.0 Å². The van der Waals surface area contributed by atoms with Gasteiger partial charge >= 0.3 is 11.9 Å². The molecule has 142 valence electrons. The lowest BCUT2D eigenvalue weighted by Gasteiger charge is -2.11. The van der Waals surface area contributed by atoms with Crippen LogP contribution in [0.1, 0.15) is 27.7 Å². The molecule has 26 heavy (non-hydrogen) atoms. The molecule has 0 aliphatic carbocycles. The average molecular weight is 380 g/mol. The molecule has 2 N–H and O–H groups in total. The molecule has 0 aliphatic heterocycles. The number of hydrogen-bond acceptors (Lipinski definition) is 8. The molecule has 2 heterocycles. The van der Waals surface area contributed by atoms with Crippen LogP contribution in [-0.4, -0.2) is 56.6 Å². The maximum Gasteiger partial charge on any atom is 0.396 e. The SMILES string of the molecule is CCOC(=O)C(=O)NCCn1ncc2c(NC(C)C)nc(SCC)nc21. The predicted octanol–water partition coefficient (Wildman–Crippen LogP) is 1.44. The summed E-state index contributed by atoms with van der Waals surface area (Å²) in [5.74, 6) is -0.0496. The third kappa shape index (κ3) is 5.07. The van der Waals surface area contributed by atoms with Crippen molar-refractivity contribution in [1.29, 1.82) is 0 Å². The number of rotatable bonds is 8. The van der Waals surface area contributed by atoms with Crippen LogP contribution in [0, 0.1) is 0 Å². The van der Waals surface area contributed by atoms with Crippen molar-refractivity contribution in [3.8, 4) is 0 Å². The van der Waals surface area contributed by atoms with Crippen LogP contribution in [0.3, 0.4) is 0 Å². The van der Waals surface area contributed by atoms with Crippen molar-refractivity contribution < 1.29 is 14.3 Å². The maximum atomic E-state index is 11.6. The topological polar surface area (TPSA) is 111 Å². The first-order valence-electron chi connectivity index (χ1n) is 8.54. The van der Waals surface area contributed by atoms with Gasteiger partial charge in [-0.25, -0.2) is 19.4 Å². The number of amides is 1. The predicted molar refractivity (Wildman–Crippen MR) is 100 cm³/mol. The lowest BCUT2D eigenvalue weighted by atomic mass is 10.3. The largest absolute Gasteiger partial charge is 0.459 e. The van der Waals surface area contributed by atoms with E-state index < -0.39 is 11.9 Å². The summed E-state index contributed by atoms with van der Waals surface area (Å²) in [6.07, 6.45) is 1.70. The molecule has 0 aromatic carbocycles. The fourth-order valence-electron chi connectivity index (χ4n) is 2.22. The van der Waals surface area contributed by atoms with Gasteiger partial charge in [0.25, 0.3) is 0 Å². The molecule has 0 saturated carbocycles. The first-order valence-corrected chi connectivity index (χ1v) is 9.52. The van der Waals surface area contributed by atoms with Gasteiger partial charge in [-0.05, 0) is 26.5 Å². The first kappa shape index (κ1) is 20.0. The van der Waals surface area contributed by atoms with Gasteiger partial charge in [-0.2, -0.15) is 5.10 Å². The Morgan fingerprint density at radius 2 is 2.08 bits per heavy atom. The van der Waals surface area contributed by atoms with Gasteiger partial charge < -0.3 is 15.4 Å². The third-order valence-electron chi connectivity index (χ3n) is 3.24. The van der Waals surface area contributed by atoms with E-state index >= 15 is 0 Å². The van der Waals surface area contributed by atoms with E-state index in [1.54, 1.807) is 29.6 Å². The van der Waals surface area contributed by atoms with E-state index in [1.165, 1.54) is 0 Å². The number of anilines is 1. The number of aromatic nitrogens is 4. The zero-order valence-corrected chi connectivity index (χ0v) is 16.2. The van der Waals surface area contributed by atoms with E-state index in [4.69, 9.17) is 0 Å². The first-order chi connectivity index (χ1) is 12.5. The molecular formula is C16H24N6O3S. The number of fused-ring (bicyclic) bond motifs is 1. The molecule has 0 fully saturated rings. The van der Waals surface area contributed by atoms with Gasteiger partial charge in [0.05, 0.1) is 24.7 Å². The maximum absolute atomic E-state index is 11.6. The lowest BCUT2D eigenvalue weighted by Crippen LogP contribution is -2.34. The number of nitrogens with zero attached hydrogens (tertiary/aromatic N) is 4. The zero-order valence-electron chi connectivity index (χ0n) is 15.4. The van der Waals surface area contributed by atoms with E-state index in [0.29, 0.717) is 17.3 Å². The minimum Gasteiger partial charge on any atom is -0.459 e. The Hall–Kier alpha value is -2.36. The van der Waals surface area contributed by atoms with Crippen molar-refractivity contribution in [3.63, 3.8) is 0 Å². The number of nitrogens with one attached hydrogen (secondary N) is 2. The number of carbonyl (C=O) groups is 2. The van der Waals surface area contributed by atoms with Crippen molar-refractivity contribution in [2.24, 2.45) is 0 Å². The second-order valence-corrected chi connectivity index (χ2v) is 6.90. The summed E-state index contributed by atoms with van der Waals surface area (Å²) in [5.41, 5.74) is 0.685. The molecule has 9 nitrogen and oxygen atoms in total. The number of hydrogen-bond donors (Lipinski definition) is 2. The standard InChI is InChI=1S/C16H24N6O3S/c1-5-25-15(24)14(23)17-7-8-22-13-11(9-18-22)12(19-10(3)4)20-16(21-13)26-6-2/h9-10H,5-8H2,1-4H3,(H,17,23)(H,19,20,21). The summed E-state index contributed by atoms with van der Waals surface area (Å²) in [6, 6.07) is 0.222. The molecule has 0 spiro atoms. The van der Waals surface area contributed by atoms with Crippen molar-refractivity contribution in [3.05, 3.63) is 6.20 Å². The molecule has 2 aromatic heterocycles. The number of ether oxygens (including phenoxy) is 1. The van der Waals surface area contributed by atoms with E-state index in [1.807, 2.05) is 20.8 Å². The molecule has 0 bridgehead atoms. The summed E-state index contributed by atoms with van der Waals surface area (Å²) < 4.78 is 6.34. The summed E-state index contributed by atoms with van der Waals surface area (Å²) >= 11 is 1.55. The van der Waals surface area contributed by atoms with Crippen molar-refractivity contribution in [2.75, 3.05) is 24.2 Å². The van der Waals surface area contributed by atoms with Gasteiger partial charge in [0.15, 0.2) is 10.8 Å². The average Bonchev–Trinajstić information content (AvgIpc) is 2.98. The third-order valence-corrected chi connectivity index (χ3v) is 3.97. The summed E-state index contributed by atoms with van der Waals surface area (Å²) in [7, 11) is 0. The summed E-state index contributed by atoms with van der Waals surface area (Å²) in [5, 5.41) is 11.7. The van der Waals surface area contributed by atoms with E-state index in [-0.39, 0.29) is 19.2 Å². The molecule has 0 unspecified atom stereocenters. The lowest BCUT2D eigenvalue weighted by molar-refractivity contribution is -0.154. The van der Waals surface area contributed by atoms with E-state index in [9.17, 15) is 9.59 Å². The van der Waals surface area contributed by atoms with Crippen LogP contribution in [0.4, 0.5) is 5.82 Å². The molecular weight excluding hydrogens is 356 g/mol. The van der Waals surface area contributed by atoms with Crippen molar-refractivity contribution in [1.82, 2.24) is 25.1 Å². The van der Waals surface area contributed by atoms with Crippen LogP contribution in [0.15, 0.2) is 11.4 Å². The zero-order chi connectivity index (χ0) is 19.1. The Morgan fingerprint density at radius 3 is 2.73 bits per heavy atom. The number of esters is 1. The smallest absolute Gasteiger partial charge is 0.396 e. The normalized spacial score (nSPS) is 11.0. The monoisotopic (exact) mass is 380 g/mol. The minimum atomic E-state index is -0.884. The summed E-state index contributed by atoms with van der Waals surface area (Å²) in [6.45, 7) is 8.54. The minimum absolute atomic E-state index is 0.163. The van der Waals surface area contributed by atoms with Crippen molar-refractivity contribution in [2.45, 2.75) is 45.4 Å². The van der Waals surface area contributed by atoms with E-state index in [2.05, 4.69) is 30.4 Å². The highest BCUT2D eigenvalue weighted by Gasteiger charge is 2.16. The molecule has 0 atom stereocenters. The molecule has 1 amide bonds. The van der Waals surface area contributed by atoms with Gasteiger partial charge in [-0.1, -0.05) is 18.7 Å². The highest BCUT2D eigenvalue weighted by Crippen LogP contribution is 2.24. The van der Waals surface area contributed by atoms with Crippen molar-refractivity contribution >= 4 is 40.5 Å². The van der Waals surface area contributed by atoms with Gasteiger partial charge in [0.1, 0.15) is 5.82 Å². The molecule has 2 aromatic rings. The van der Waals surface area contributed by atoms with Crippen LogP contribution < -0.4 is 10.6 Å². The van der Waals surface area contributed by atoms with Gasteiger partial charge in [-0.3, -0.25) is 4.79 Å². The Bertz CT molecular complexity index is 777. The highest BCUT2D eigenvalue weighted by atomic mass is 32.2. The molecule has 10 heteroatoms. The quantitative estimate of drug-likeness (QED) is 0.306. The van der Waals surface area contributed by atoms with Crippen LogP contribution in [0.2, 0.25) is 0 Å². The molecule has 0 radical (unpaired) electrons. The fourth-order valence-corrected chi connectivity index (χ4v) is 2.79. The summed E-state index contributed by atoms with van der Waals surface area (Å²) in [4.78, 5) is 32.0. The molecule has 2 rings (SSSR count). The van der Waals surface area contributed by atoms with Crippen LogP contribution in [0.25, 0.3) is 11.0 Å². The Morgan fingerprint density at radius 1 is 1.31 bits per heavy atom. The Balaban J connectivity index is 2.16. The van der Waals surface area contributed by atoms with Crippen LogP contribution in [0.5, 0.6) is 0 Å². The fraction of sp³-hybridized carbons (Fsp3) is 0.562. The highest BCUT2D eigenvalue weighted by molar-refractivity contribution is 7.99. The molecule has 0 aliphatic rings. The number of thioether (sulfide) groups is 1. The second-order valence-electron chi connectivity index (χ2n) is 5.67. The van der Waals surface area contributed by atoms with Gasteiger partial charge in [-0.15, -0.1) is 0 Å². The Kier molecular flexibility index (Phi) is 7.19. The molecule has 0 saturated heterocycles. The van der Waals surface area contributed by atoms with Gasteiger partial charge in [0, 0.05) is 12.6 Å². The van der Waals surface area contributed by atoms with Crippen LogP contribution >= 0.6 is 11.8 Å². The second kappa shape index (κ2) is 9.37. The Labute approximate surface area is 156 Å². The van der Waals surface area contributed by atoms with Crippen LogP contribution in [-0.2, 0) is 20.9 Å². The van der Waals surface area contributed by atoms with Gasteiger partial charge in [0.2, 0.25) is 0 Å².